The lowest BCUT2D eigenvalue weighted by atomic mass is 10.2. The van der Waals surface area contributed by atoms with Crippen LogP contribution in [0.4, 0.5) is 4.39 Å². The minimum atomic E-state index is -0.0604. The third kappa shape index (κ3) is 2.50. The molecule has 76 valence electrons. The van der Waals surface area contributed by atoms with Gasteiger partial charge in [-0.1, -0.05) is 0 Å². The quantitative estimate of drug-likeness (QED) is 0.729. The van der Waals surface area contributed by atoms with E-state index in [4.69, 9.17) is 5.73 Å². The van der Waals surface area contributed by atoms with Crippen LogP contribution in [0.25, 0.3) is 0 Å². The highest BCUT2D eigenvalue weighted by Gasteiger charge is 2.04. The summed E-state index contributed by atoms with van der Waals surface area (Å²) in [5.41, 5.74) is 6.23. The molecule has 0 bridgehead atoms. The first-order valence-electron chi connectivity index (χ1n) is 4.19. The molecule has 0 saturated carbocycles. The fraction of sp³-hybridized carbons (Fsp3) is 0.333. The van der Waals surface area contributed by atoms with E-state index in [0.717, 1.165) is 0 Å². The van der Waals surface area contributed by atoms with Crippen molar-refractivity contribution in [1.29, 1.82) is 0 Å². The average molecular weight is 197 g/mol. The number of rotatable bonds is 4. The van der Waals surface area contributed by atoms with Gasteiger partial charge in [0.2, 0.25) is 0 Å². The molecule has 4 nitrogen and oxygen atoms in total. The van der Waals surface area contributed by atoms with Gasteiger partial charge in [-0.05, 0) is 12.5 Å². The average Bonchev–Trinajstić information content (AvgIpc) is 2.62. The van der Waals surface area contributed by atoms with Crippen LogP contribution in [0.3, 0.4) is 0 Å². The molecular weight excluding hydrogens is 185 g/mol. The van der Waals surface area contributed by atoms with Crippen molar-refractivity contribution in [2.45, 2.75) is 13.5 Å². The maximum Gasteiger partial charge on any atom is 0.162 e. The second-order valence-corrected chi connectivity index (χ2v) is 2.95. The number of hydrogen-bond acceptors (Lipinski definition) is 3. The van der Waals surface area contributed by atoms with Crippen LogP contribution in [-0.2, 0) is 6.54 Å². The minimum absolute atomic E-state index is 0.0604. The van der Waals surface area contributed by atoms with Gasteiger partial charge in [0.25, 0.3) is 0 Å². The van der Waals surface area contributed by atoms with Gasteiger partial charge in [-0.25, -0.2) is 4.39 Å². The fourth-order valence-corrected chi connectivity index (χ4v) is 0.984. The van der Waals surface area contributed by atoms with Crippen LogP contribution < -0.4 is 5.73 Å². The SMILES string of the molecule is CC(=O)c1cnn(C/C(=C/F)CN)c1. The molecule has 0 aliphatic rings. The van der Waals surface area contributed by atoms with Crippen LogP contribution in [0.2, 0.25) is 0 Å². The van der Waals surface area contributed by atoms with Crippen molar-refractivity contribution in [3.8, 4) is 0 Å². The Kier molecular flexibility index (Phi) is 3.53. The van der Waals surface area contributed by atoms with Crippen molar-refractivity contribution in [3.63, 3.8) is 0 Å². The van der Waals surface area contributed by atoms with Gasteiger partial charge in [0.05, 0.1) is 24.6 Å². The minimum Gasteiger partial charge on any atom is -0.327 e. The zero-order chi connectivity index (χ0) is 10.6. The number of ketones is 1. The van der Waals surface area contributed by atoms with Crippen LogP contribution in [0.1, 0.15) is 17.3 Å². The summed E-state index contributed by atoms with van der Waals surface area (Å²) in [6.45, 7) is 1.88. The number of carbonyl (C=O) groups is 1. The van der Waals surface area contributed by atoms with Crippen molar-refractivity contribution in [3.05, 3.63) is 29.9 Å². The Bertz CT molecular complexity index is 357. The van der Waals surface area contributed by atoms with Crippen molar-refractivity contribution < 1.29 is 9.18 Å². The van der Waals surface area contributed by atoms with Crippen LogP contribution in [0.5, 0.6) is 0 Å². The lowest BCUT2D eigenvalue weighted by Crippen LogP contribution is -2.10. The van der Waals surface area contributed by atoms with Gasteiger partial charge >= 0.3 is 0 Å². The van der Waals surface area contributed by atoms with Gasteiger partial charge in [0.15, 0.2) is 5.78 Å². The Morgan fingerprint density at radius 3 is 2.93 bits per heavy atom. The molecule has 0 saturated heterocycles. The topological polar surface area (TPSA) is 60.9 Å². The summed E-state index contributed by atoms with van der Waals surface area (Å²) in [5.74, 6) is -0.0604. The Morgan fingerprint density at radius 1 is 1.79 bits per heavy atom. The number of hydrogen-bond donors (Lipinski definition) is 1. The van der Waals surface area contributed by atoms with Crippen molar-refractivity contribution in [1.82, 2.24) is 9.78 Å². The molecule has 0 radical (unpaired) electrons. The Morgan fingerprint density at radius 2 is 2.50 bits per heavy atom. The van der Waals surface area contributed by atoms with Crippen LogP contribution in [0, 0.1) is 0 Å². The molecule has 0 fully saturated rings. The summed E-state index contributed by atoms with van der Waals surface area (Å²) in [6.07, 6.45) is 3.49. The fourth-order valence-electron chi connectivity index (χ4n) is 0.984. The zero-order valence-corrected chi connectivity index (χ0v) is 7.90. The molecule has 0 atom stereocenters. The molecule has 1 aromatic rings. The van der Waals surface area contributed by atoms with Gasteiger partial charge in [0.1, 0.15) is 0 Å². The lowest BCUT2D eigenvalue weighted by molar-refractivity contribution is 0.101. The van der Waals surface area contributed by atoms with E-state index in [1.807, 2.05) is 0 Å². The molecule has 0 spiro atoms. The third-order valence-electron chi connectivity index (χ3n) is 1.82. The summed E-state index contributed by atoms with van der Waals surface area (Å²) in [4.78, 5) is 10.9. The largest absolute Gasteiger partial charge is 0.327 e. The number of Topliss-reactive ketones (excluding diaryl/α,β-unsaturated/α-hetero) is 1. The molecule has 0 aliphatic heterocycles. The summed E-state index contributed by atoms with van der Waals surface area (Å²) in [7, 11) is 0. The molecule has 0 amide bonds. The summed E-state index contributed by atoms with van der Waals surface area (Å²) in [5, 5.41) is 3.91. The second kappa shape index (κ2) is 4.66. The maximum absolute atomic E-state index is 12.2. The molecule has 2 N–H and O–H groups in total. The molecule has 0 aliphatic carbocycles. The Hall–Kier alpha value is -1.49. The molecule has 1 rings (SSSR count). The highest BCUT2D eigenvalue weighted by molar-refractivity contribution is 5.93. The second-order valence-electron chi connectivity index (χ2n) is 2.95. The van der Waals surface area contributed by atoms with Gasteiger partial charge in [0, 0.05) is 12.7 Å². The molecule has 0 unspecified atom stereocenters. The highest BCUT2D eigenvalue weighted by Crippen LogP contribution is 2.02. The molecular formula is C9H12FN3O. The van der Waals surface area contributed by atoms with E-state index in [-0.39, 0.29) is 18.9 Å². The molecule has 1 aromatic heterocycles. The smallest absolute Gasteiger partial charge is 0.162 e. The molecule has 14 heavy (non-hydrogen) atoms. The van der Waals surface area contributed by atoms with Crippen LogP contribution in [-0.4, -0.2) is 22.1 Å². The van der Waals surface area contributed by atoms with Crippen molar-refractivity contribution >= 4 is 5.78 Å². The number of aromatic nitrogens is 2. The van der Waals surface area contributed by atoms with Gasteiger partial charge < -0.3 is 5.73 Å². The molecule has 0 aromatic carbocycles. The first-order valence-corrected chi connectivity index (χ1v) is 4.19. The van der Waals surface area contributed by atoms with Gasteiger partial charge in [-0.15, -0.1) is 0 Å². The van der Waals surface area contributed by atoms with E-state index in [1.165, 1.54) is 17.8 Å². The van der Waals surface area contributed by atoms with Crippen LogP contribution >= 0.6 is 0 Å². The Labute approximate surface area is 81.2 Å². The first-order chi connectivity index (χ1) is 6.67. The lowest BCUT2D eigenvalue weighted by Gasteiger charge is -2.01. The third-order valence-corrected chi connectivity index (χ3v) is 1.82. The van der Waals surface area contributed by atoms with E-state index in [0.29, 0.717) is 17.5 Å². The molecule has 5 heteroatoms. The number of halogens is 1. The van der Waals surface area contributed by atoms with E-state index >= 15 is 0 Å². The summed E-state index contributed by atoms with van der Waals surface area (Å²) in [6, 6.07) is 0. The van der Waals surface area contributed by atoms with E-state index in [9.17, 15) is 9.18 Å². The molecule has 1 heterocycles. The normalized spacial score (nSPS) is 11.8. The number of carbonyl (C=O) groups excluding carboxylic acids is 1. The maximum atomic E-state index is 12.2. The van der Waals surface area contributed by atoms with Gasteiger partial charge in [-0.3, -0.25) is 9.48 Å². The van der Waals surface area contributed by atoms with E-state index < -0.39 is 0 Å². The monoisotopic (exact) mass is 197 g/mol. The standard InChI is InChI=1S/C9H12FN3O/c1-7(14)9-4-12-13(6-9)5-8(2-10)3-11/h2,4,6H,3,5,11H2,1H3/b8-2+. The van der Waals surface area contributed by atoms with Crippen LogP contribution in [0.15, 0.2) is 24.3 Å². The van der Waals surface area contributed by atoms with Crippen molar-refractivity contribution in [2.24, 2.45) is 5.73 Å². The highest BCUT2D eigenvalue weighted by atomic mass is 19.1. The van der Waals surface area contributed by atoms with E-state index in [1.54, 1.807) is 6.20 Å². The number of nitrogens with zero attached hydrogens (tertiary/aromatic N) is 2. The zero-order valence-electron chi connectivity index (χ0n) is 7.90. The number of nitrogens with two attached hydrogens (primary N) is 1. The predicted molar refractivity (Wildman–Crippen MR) is 50.5 cm³/mol. The summed E-state index contributed by atoms with van der Waals surface area (Å²) < 4.78 is 13.6. The summed E-state index contributed by atoms with van der Waals surface area (Å²) >= 11 is 0. The Balaban J connectivity index is 2.73. The first kappa shape index (κ1) is 10.6. The van der Waals surface area contributed by atoms with Gasteiger partial charge in [-0.2, -0.15) is 5.10 Å². The van der Waals surface area contributed by atoms with Crippen molar-refractivity contribution in [2.75, 3.05) is 6.54 Å². The van der Waals surface area contributed by atoms with E-state index in [2.05, 4.69) is 5.10 Å². The predicted octanol–water partition coefficient (Wildman–Crippen LogP) is 0.898.